The molecule has 4 heteroatoms. The molecule has 0 spiro atoms. The van der Waals surface area contributed by atoms with Crippen molar-refractivity contribution >= 4 is 11.9 Å². The average Bonchev–Trinajstić information content (AvgIpc) is 2.68. The summed E-state index contributed by atoms with van der Waals surface area (Å²) in [7, 11) is 0. The molecule has 1 aliphatic rings. The molecule has 1 rings (SSSR count). The SMILES string of the molecule is C=CC1CC(C(=O)OC(C)(C)C)CC1C(=O)OC(C)(C)C. The van der Waals surface area contributed by atoms with Crippen LogP contribution < -0.4 is 0 Å². The van der Waals surface area contributed by atoms with E-state index in [0.29, 0.717) is 12.8 Å². The topological polar surface area (TPSA) is 52.6 Å². The molecular weight excluding hydrogens is 268 g/mol. The lowest BCUT2D eigenvalue weighted by Crippen LogP contribution is -2.30. The van der Waals surface area contributed by atoms with E-state index in [1.165, 1.54) is 0 Å². The van der Waals surface area contributed by atoms with Gasteiger partial charge in [0.15, 0.2) is 0 Å². The van der Waals surface area contributed by atoms with Crippen LogP contribution >= 0.6 is 0 Å². The maximum absolute atomic E-state index is 12.3. The summed E-state index contributed by atoms with van der Waals surface area (Å²) in [4.78, 5) is 24.4. The van der Waals surface area contributed by atoms with Crippen molar-refractivity contribution in [3.63, 3.8) is 0 Å². The minimum atomic E-state index is -0.521. The lowest BCUT2D eigenvalue weighted by Gasteiger charge is -2.24. The summed E-state index contributed by atoms with van der Waals surface area (Å²) >= 11 is 0. The van der Waals surface area contributed by atoms with Crippen LogP contribution in [0.25, 0.3) is 0 Å². The molecule has 1 fully saturated rings. The van der Waals surface area contributed by atoms with Crippen LogP contribution in [0, 0.1) is 17.8 Å². The van der Waals surface area contributed by atoms with Gasteiger partial charge in [-0.15, -0.1) is 6.58 Å². The Labute approximate surface area is 127 Å². The maximum Gasteiger partial charge on any atom is 0.310 e. The predicted molar refractivity (Wildman–Crippen MR) is 81.6 cm³/mol. The van der Waals surface area contributed by atoms with Crippen LogP contribution in [0.2, 0.25) is 0 Å². The average molecular weight is 296 g/mol. The van der Waals surface area contributed by atoms with Crippen molar-refractivity contribution in [2.75, 3.05) is 0 Å². The number of rotatable bonds is 3. The van der Waals surface area contributed by atoms with Crippen molar-refractivity contribution in [2.24, 2.45) is 17.8 Å². The number of allylic oxidation sites excluding steroid dienone is 1. The van der Waals surface area contributed by atoms with Crippen LogP contribution in [0.4, 0.5) is 0 Å². The van der Waals surface area contributed by atoms with Crippen molar-refractivity contribution < 1.29 is 19.1 Å². The summed E-state index contributed by atoms with van der Waals surface area (Å²) in [5.41, 5.74) is -1.03. The van der Waals surface area contributed by atoms with Gasteiger partial charge in [-0.25, -0.2) is 0 Å². The fraction of sp³-hybridized carbons (Fsp3) is 0.765. The Balaban J connectivity index is 2.74. The summed E-state index contributed by atoms with van der Waals surface area (Å²) in [6, 6.07) is 0. The Kier molecular flexibility index (Phi) is 5.24. The molecule has 0 bridgehead atoms. The Morgan fingerprint density at radius 3 is 1.86 bits per heavy atom. The first-order valence-corrected chi connectivity index (χ1v) is 7.51. The van der Waals surface area contributed by atoms with Crippen LogP contribution in [0.15, 0.2) is 12.7 Å². The zero-order chi connectivity index (χ0) is 16.4. The Morgan fingerprint density at radius 2 is 1.43 bits per heavy atom. The van der Waals surface area contributed by atoms with E-state index < -0.39 is 11.2 Å². The summed E-state index contributed by atoms with van der Waals surface area (Å²) in [5.74, 6) is -1.08. The third kappa shape index (κ3) is 5.52. The molecule has 0 aromatic heterocycles. The number of esters is 2. The molecule has 0 aromatic rings. The third-order valence-corrected chi connectivity index (χ3v) is 3.36. The van der Waals surface area contributed by atoms with Gasteiger partial charge in [0.2, 0.25) is 0 Å². The fourth-order valence-corrected chi connectivity index (χ4v) is 2.56. The van der Waals surface area contributed by atoms with Crippen LogP contribution in [-0.2, 0) is 19.1 Å². The van der Waals surface area contributed by atoms with Gasteiger partial charge in [-0.1, -0.05) is 6.08 Å². The highest BCUT2D eigenvalue weighted by molar-refractivity contribution is 5.78. The normalized spacial score (nSPS) is 26.3. The number of hydrogen-bond acceptors (Lipinski definition) is 4. The minimum absolute atomic E-state index is 0.0302. The van der Waals surface area contributed by atoms with Gasteiger partial charge < -0.3 is 9.47 Å². The van der Waals surface area contributed by atoms with E-state index in [9.17, 15) is 9.59 Å². The molecule has 4 nitrogen and oxygen atoms in total. The first-order valence-electron chi connectivity index (χ1n) is 7.51. The zero-order valence-electron chi connectivity index (χ0n) is 14.1. The van der Waals surface area contributed by atoms with Crippen molar-refractivity contribution in [1.82, 2.24) is 0 Å². The van der Waals surface area contributed by atoms with Crippen molar-refractivity contribution in [2.45, 2.75) is 65.6 Å². The molecule has 0 heterocycles. The second kappa shape index (κ2) is 6.20. The molecular formula is C17H28O4. The molecule has 0 N–H and O–H groups in total. The van der Waals surface area contributed by atoms with Crippen molar-refractivity contribution in [1.29, 1.82) is 0 Å². The van der Waals surface area contributed by atoms with Crippen molar-refractivity contribution in [3.05, 3.63) is 12.7 Å². The van der Waals surface area contributed by atoms with Gasteiger partial charge in [-0.3, -0.25) is 9.59 Å². The molecule has 0 radical (unpaired) electrons. The number of ether oxygens (including phenoxy) is 2. The smallest absolute Gasteiger partial charge is 0.310 e. The molecule has 1 saturated carbocycles. The predicted octanol–water partition coefficient (Wildman–Crippen LogP) is 3.50. The molecule has 21 heavy (non-hydrogen) atoms. The van der Waals surface area contributed by atoms with E-state index in [1.807, 2.05) is 41.5 Å². The Bertz CT molecular complexity index is 411. The minimum Gasteiger partial charge on any atom is -0.460 e. The number of hydrogen-bond donors (Lipinski definition) is 0. The summed E-state index contributed by atoms with van der Waals surface area (Å²) in [6.45, 7) is 14.8. The molecule has 1 aliphatic carbocycles. The second-order valence-corrected chi connectivity index (χ2v) is 7.74. The molecule has 0 amide bonds. The molecule has 0 aliphatic heterocycles. The summed E-state index contributed by atoms with van der Waals surface area (Å²) in [6.07, 6.45) is 2.82. The van der Waals surface area contributed by atoms with Crippen LogP contribution in [-0.4, -0.2) is 23.1 Å². The van der Waals surface area contributed by atoms with E-state index in [4.69, 9.17) is 9.47 Å². The third-order valence-electron chi connectivity index (χ3n) is 3.36. The van der Waals surface area contributed by atoms with E-state index in [-0.39, 0.29) is 29.7 Å². The van der Waals surface area contributed by atoms with Gasteiger partial charge >= 0.3 is 11.9 Å². The van der Waals surface area contributed by atoms with Crippen molar-refractivity contribution in [3.8, 4) is 0 Å². The second-order valence-electron chi connectivity index (χ2n) is 7.74. The largest absolute Gasteiger partial charge is 0.460 e. The molecule has 3 unspecified atom stereocenters. The van der Waals surface area contributed by atoms with Crippen LogP contribution in [0.1, 0.15) is 54.4 Å². The summed E-state index contributed by atoms with van der Waals surface area (Å²) in [5, 5.41) is 0. The molecule has 0 aromatic carbocycles. The Morgan fingerprint density at radius 1 is 0.952 bits per heavy atom. The molecule has 3 atom stereocenters. The fourth-order valence-electron chi connectivity index (χ4n) is 2.56. The van der Waals surface area contributed by atoms with E-state index in [2.05, 4.69) is 6.58 Å². The highest BCUT2D eigenvalue weighted by Gasteiger charge is 2.43. The first kappa shape index (κ1) is 17.7. The number of carbonyl (C=O) groups is 2. The summed E-state index contributed by atoms with van der Waals surface area (Å²) < 4.78 is 10.9. The van der Waals surface area contributed by atoms with Gasteiger partial charge in [0.25, 0.3) is 0 Å². The van der Waals surface area contributed by atoms with Gasteiger partial charge in [0, 0.05) is 0 Å². The monoisotopic (exact) mass is 296 g/mol. The van der Waals surface area contributed by atoms with Gasteiger partial charge in [-0.2, -0.15) is 0 Å². The van der Waals surface area contributed by atoms with E-state index in [1.54, 1.807) is 6.08 Å². The standard InChI is InChI=1S/C17H28O4/c1-8-11-9-12(14(18)20-16(2,3)4)10-13(11)15(19)21-17(5,6)7/h8,11-13H,1,9-10H2,2-7H3. The van der Waals surface area contributed by atoms with E-state index in [0.717, 1.165) is 0 Å². The van der Waals surface area contributed by atoms with Crippen LogP contribution in [0.3, 0.4) is 0 Å². The lowest BCUT2D eigenvalue weighted by atomic mass is 9.96. The highest BCUT2D eigenvalue weighted by Crippen LogP contribution is 2.39. The number of carbonyl (C=O) groups excluding carboxylic acids is 2. The lowest BCUT2D eigenvalue weighted by molar-refractivity contribution is -0.161. The van der Waals surface area contributed by atoms with Gasteiger partial charge in [0.05, 0.1) is 11.8 Å². The van der Waals surface area contributed by atoms with Gasteiger partial charge in [0.1, 0.15) is 11.2 Å². The quantitative estimate of drug-likeness (QED) is 0.591. The molecule has 0 saturated heterocycles. The first-order chi connectivity index (χ1) is 9.43. The molecule has 120 valence electrons. The highest BCUT2D eigenvalue weighted by atomic mass is 16.6. The maximum atomic E-state index is 12.3. The zero-order valence-corrected chi connectivity index (χ0v) is 14.1. The Hall–Kier alpha value is -1.32. The van der Waals surface area contributed by atoms with E-state index >= 15 is 0 Å². The van der Waals surface area contributed by atoms with Gasteiger partial charge in [-0.05, 0) is 60.3 Å². The van der Waals surface area contributed by atoms with Crippen LogP contribution in [0.5, 0.6) is 0 Å².